The van der Waals surface area contributed by atoms with Crippen molar-refractivity contribution in [1.82, 2.24) is 10.2 Å². The van der Waals surface area contributed by atoms with Crippen LogP contribution in [0.4, 0.5) is 0 Å². The minimum absolute atomic E-state index is 0.0344. The van der Waals surface area contributed by atoms with E-state index < -0.39 is 0 Å². The van der Waals surface area contributed by atoms with Crippen LogP contribution < -0.4 is 5.32 Å². The van der Waals surface area contributed by atoms with E-state index in [1.54, 1.807) is 4.90 Å². The summed E-state index contributed by atoms with van der Waals surface area (Å²) in [4.78, 5) is 13.7. The maximum absolute atomic E-state index is 11.9. The lowest BCUT2D eigenvalue weighted by molar-refractivity contribution is -0.137. The third kappa shape index (κ3) is 3.47. The van der Waals surface area contributed by atoms with Crippen LogP contribution in [0.5, 0.6) is 0 Å². The lowest BCUT2D eigenvalue weighted by Crippen LogP contribution is -2.52. The Morgan fingerprint density at radius 1 is 1.60 bits per heavy atom. The summed E-state index contributed by atoms with van der Waals surface area (Å²) in [6.45, 7) is 6.03. The zero-order valence-electron chi connectivity index (χ0n) is 9.70. The standard InChI is InChI=1S/C11H22N2O2/c1-3-9(14)8-13-7-5-6-10(11(13)15)12-4-2/h9-10,12,14H,3-8H2,1-2H3. The van der Waals surface area contributed by atoms with E-state index in [1.807, 2.05) is 13.8 Å². The molecule has 4 heteroatoms. The summed E-state index contributed by atoms with van der Waals surface area (Å²) in [6.07, 6.45) is 2.27. The van der Waals surface area contributed by atoms with E-state index >= 15 is 0 Å². The van der Waals surface area contributed by atoms with Gasteiger partial charge in [-0.25, -0.2) is 0 Å². The first-order valence-corrected chi connectivity index (χ1v) is 5.89. The number of carbonyl (C=O) groups is 1. The fourth-order valence-corrected chi connectivity index (χ4v) is 1.94. The van der Waals surface area contributed by atoms with Crippen LogP contribution in [0.25, 0.3) is 0 Å². The first-order chi connectivity index (χ1) is 7.19. The van der Waals surface area contributed by atoms with Crippen LogP contribution in [0.3, 0.4) is 0 Å². The largest absolute Gasteiger partial charge is 0.391 e. The van der Waals surface area contributed by atoms with Gasteiger partial charge in [-0.15, -0.1) is 0 Å². The van der Waals surface area contributed by atoms with E-state index in [-0.39, 0.29) is 18.1 Å². The smallest absolute Gasteiger partial charge is 0.239 e. The van der Waals surface area contributed by atoms with Gasteiger partial charge in [0.25, 0.3) is 0 Å². The summed E-state index contributed by atoms with van der Waals surface area (Å²) in [5.41, 5.74) is 0. The van der Waals surface area contributed by atoms with E-state index in [1.165, 1.54) is 0 Å². The van der Waals surface area contributed by atoms with Gasteiger partial charge < -0.3 is 15.3 Å². The third-order valence-corrected chi connectivity index (χ3v) is 2.88. The van der Waals surface area contributed by atoms with Crippen molar-refractivity contribution in [2.45, 2.75) is 45.3 Å². The molecular formula is C11H22N2O2. The molecule has 0 aromatic rings. The van der Waals surface area contributed by atoms with E-state index in [0.717, 1.165) is 25.9 Å². The molecule has 1 rings (SSSR count). The molecular weight excluding hydrogens is 192 g/mol. The number of aliphatic hydroxyl groups is 1. The summed E-state index contributed by atoms with van der Waals surface area (Å²) in [7, 11) is 0. The molecule has 0 radical (unpaired) electrons. The Hall–Kier alpha value is -0.610. The Kier molecular flexibility index (Phi) is 5.05. The molecule has 4 nitrogen and oxygen atoms in total. The van der Waals surface area contributed by atoms with Gasteiger partial charge in [0.1, 0.15) is 0 Å². The molecule has 1 saturated heterocycles. The number of amides is 1. The van der Waals surface area contributed by atoms with Gasteiger partial charge in [-0.05, 0) is 25.8 Å². The summed E-state index contributed by atoms with van der Waals surface area (Å²) >= 11 is 0. The molecule has 1 aliphatic heterocycles. The van der Waals surface area contributed by atoms with Crippen molar-refractivity contribution in [3.63, 3.8) is 0 Å². The van der Waals surface area contributed by atoms with Gasteiger partial charge >= 0.3 is 0 Å². The fourth-order valence-electron chi connectivity index (χ4n) is 1.94. The highest BCUT2D eigenvalue weighted by Crippen LogP contribution is 2.12. The number of hydrogen-bond acceptors (Lipinski definition) is 3. The number of piperidine rings is 1. The number of aliphatic hydroxyl groups excluding tert-OH is 1. The number of carbonyl (C=O) groups excluding carboxylic acids is 1. The Labute approximate surface area is 91.6 Å². The van der Waals surface area contributed by atoms with Crippen LogP contribution in [0.1, 0.15) is 33.1 Å². The molecule has 88 valence electrons. The monoisotopic (exact) mass is 214 g/mol. The zero-order valence-corrected chi connectivity index (χ0v) is 9.70. The van der Waals surface area contributed by atoms with Gasteiger partial charge in [-0.2, -0.15) is 0 Å². The summed E-state index contributed by atoms with van der Waals surface area (Å²) in [6, 6.07) is -0.0344. The van der Waals surface area contributed by atoms with Crippen LogP contribution in [0.2, 0.25) is 0 Å². The molecule has 1 heterocycles. The summed E-state index contributed by atoms with van der Waals surface area (Å²) in [5, 5.41) is 12.7. The Balaban J connectivity index is 2.47. The van der Waals surface area contributed by atoms with Gasteiger partial charge in [-0.1, -0.05) is 13.8 Å². The molecule has 1 aliphatic rings. The van der Waals surface area contributed by atoms with Crippen LogP contribution in [-0.4, -0.2) is 47.7 Å². The van der Waals surface area contributed by atoms with Crippen molar-refractivity contribution in [1.29, 1.82) is 0 Å². The average molecular weight is 214 g/mol. The topological polar surface area (TPSA) is 52.6 Å². The van der Waals surface area contributed by atoms with E-state index in [2.05, 4.69) is 5.32 Å². The van der Waals surface area contributed by atoms with Gasteiger partial charge in [0, 0.05) is 13.1 Å². The van der Waals surface area contributed by atoms with Gasteiger partial charge in [0.2, 0.25) is 5.91 Å². The van der Waals surface area contributed by atoms with Crippen LogP contribution in [0.15, 0.2) is 0 Å². The molecule has 2 atom stereocenters. The van der Waals surface area contributed by atoms with Crippen LogP contribution in [0, 0.1) is 0 Å². The minimum atomic E-state index is -0.380. The number of rotatable bonds is 5. The number of likely N-dealkylation sites (N-methyl/N-ethyl adjacent to an activating group) is 1. The highest BCUT2D eigenvalue weighted by Gasteiger charge is 2.28. The number of likely N-dealkylation sites (tertiary alicyclic amines) is 1. The van der Waals surface area contributed by atoms with E-state index in [4.69, 9.17) is 0 Å². The molecule has 15 heavy (non-hydrogen) atoms. The van der Waals surface area contributed by atoms with Gasteiger partial charge in [0.15, 0.2) is 0 Å². The lowest BCUT2D eigenvalue weighted by Gasteiger charge is -2.33. The Morgan fingerprint density at radius 2 is 2.33 bits per heavy atom. The van der Waals surface area contributed by atoms with Crippen molar-refractivity contribution in [2.75, 3.05) is 19.6 Å². The predicted molar refractivity (Wildman–Crippen MR) is 59.6 cm³/mol. The SMILES string of the molecule is CCNC1CCCN(CC(O)CC)C1=O. The lowest BCUT2D eigenvalue weighted by atomic mass is 10.0. The number of nitrogens with zero attached hydrogens (tertiary/aromatic N) is 1. The average Bonchev–Trinajstić information content (AvgIpc) is 2.24. The zero-order chi connectivity index (χ0) is 11.3. The first kappa shape index (κ1) is 12.5. The second-order valence-corrected chi connectivity index (χ2v) is 4.10. The third-order valence-electron chi connectivity index (χ3n) is 2.88. The summed E-state index contributed by atoms with van der Waals surface area (Å²) in [5.74, 6) is 0.149. The highest BCUT2D eigenvalue weighted by molar-refractivity contribution is 5.82. The maximum atomic E-state index is 11.9. The van der Waals surface area contributed by atoms with Crippen molar-refractivity contribution in [3.8, 4) is 0 Å². The molecule has 0 aromatic carbocycles. The molecule has 1 amide bonds. The van der Waals surface area contributed by atoms with Gasteiger partial charge in [-0.3, -0.25) is 4.79 Å². The minimum Gasteiger partial charge on any atom is -0.391 e. The van der Waals surface area contributed by atoms with Crippen LogP contribution in [-0.2, 0) is 4.79 Å². The predicted octanol–water partition coefficient (Wildman–Crippen LogP) is 0.358. The Bertz CT molecular complexity index is 207. The molecule has 0 aromatic heterocycles. The van der Waals surface area contributed by atoms with E-state index in [0.29, 0.717) is 13.0 Å². The quantitative estimate of drug-likeness (QED) is 0.694. The first-order valence-electron chi connectivity index (χ1n) is 5.89. The van der Waals surface area contributed by atoms with Crippen molar-refractivity contribution < 1.29 is 9.90 Å². The molecule has 2 N–H and O–H groups in total. The molecule has 0 saturated carbocycles. The molecule has 0 spiro atoms. The number of β-amino-alcohol motifs (C(OH)–C–C–N with tert-alkyl or cyclic N) is 1. The second-order valence-electron chi connectivity index (χ2n) is 4.10. The highest BCUT2D eigenvalue weighted by atomic mass is 16.3. The normalized spacial score (nSPS) is 24.3. The summed E-state index contributed by atoms with van der Waals surface area (Å²) < 4.78 is 0. The Morgan fingerprint density at radius 3 is 2.93 bits per heavy atom. The van der Waals surface area contributed by atoms with Crippen molar-refractivity contribution in [3.05, 3.63) is 0 Å². The second kappa shape index (κ2) is 6.08. The maximum Gasteiger partial charge on any atom is 0.239 e. The fraction of sp³-hybridized carbons (Fsp3) is 0.909. The molecule has 0 bridgehead atoms. The number of nitrogens with one attached hydrogen (secondary N) is 1. The molecule has 2 unspecified atom stereocenters. The number of hydrogen-bond donors (Lipinski definition) is 2. The van der Waals surface area contributed by atoms with Crippen LogP contribution >= 0.6 is 0 Å². The molecule has 1 fully saturated rings. The van der Waals surface area contributed by atoms with Crippen molar-refractivity contribution in [2.24, 2.45) is 0 Å². The van der Waals surface area contributed by atoms with Gasteiger partial charge in [0.05, 0.1) is 12.1 Å². The molecule has 0 aliphatic carbocycles. The van der Waals surface area contributed by atoms with Crippen molar-refractivity contribution >= 4 is 5.91 Å². The van der Waals surface area contributed by atoms with E-state index in [9.17, 15) is 9.90 Å².